The second-order valence-corrected chi connectivity index (χ2v) is 19.7. The molecule has 2 aliphatic carbocycles. The Morgan fingerprint density at radius 3 is 1.33 bits per heavy atom. The molecule has 2 saturated carbocycles. The number of rotatable bonds is 16. The molecule has 2 unspecified atom stereocenters. The number of sulfonamides is 2. The van der Waals surface area contributed by atoms with E-state index in [1.165, 1.54) is 37.3 Å². The zero-order valence-corrected chi connectivity index (χ0v) is 34.4. The van der Waals surface area contributed by atoms with Crippen LogP contribution in [-0.2, 0) is 32.9 Å². The fourth-order valence-electron chi connectivity index (χ4n) is 6.94. The molecule has 6 N–H and O–H groups in total. The van der Waals surface area contributed by atoms with Crippen molar-refractivity contribution in [3.8, 4) is 0 Å². The minimum atomic E-state index is -4.33. The quantitative estimate of drug-likeness (QED) is 0.0548. The molecule has 2 atom stereocenters. The van der Waals surface area contributed by atoms with Gasteiger partial charge >= 0.3 is 0 Å². The molecule has 0 radical (unpaired) electrons. The predicted octanol–water partition coefficient (Wildman–Crippen LogP) is 6.49. The van der Waals surface area contributed by atoms with Crippen LogP contribution in [-0.4, -0.2) is 72.2 Å². The van der Waals surface area contributed by atoms with E-state index in [1.54, 1.807) is 19.9 Å². The Hall–Kier alpha value is -4.27. The molecule has 19 heteroatoms. The highest BCUT2D eigenvalue weighted by molar-refractivity contribution is 7.94. The van der Waals surface area contributed by atoms with Crippen LogP contribution in [0.4, 0.5) is 42.1 Å². The van der Waals surface area contributed by atoms with Gasteiger partial charge in [-0.05, 0) is 105 Å². The summed E-state index contributed by atoms with van der Waals surface area (Å²) >= 11 is 0. The SMILES string of the molecule is Cc1ccc(Cc2c(F)c(F)cc(C)c2NS(=O)(=O)C2(CC(O)CO)CC2)c(F)c1.Cc1ccc(Cc2c(F)c(F)cc(F)c2NS(=O)(=O)C2(CC(O)CO)CC2)c(F)c1. The monoisotopic (exact) mass is 890 g/mol. The van der Waals surface area contributed by atoms with Gasteiger partial charge in [0.2, 0.25) is 20.0 Å². The van der Waals surface area contributed by atoms with Crippen LogP contribution in [0.15, 0.2) is 48.5 Å². The summed E-state index contributed by atoms with van der Waals surface area (Å²) in [5, 5.41) is 37.4. The largest absolute Gasteiger partial charge is 0.394 e. The third-order valence-corrected chi connectivity index (χ3v) is 15.2. The molecule has 0 aliphatic heterocycles. The van der Waals surface area contributed by atoms with Crippen molar-refractivity contribution >= 4 is 31.4 Å². The normalized spacial score (nSPS) is 16.4. The third-order valence-electron chi connectivity index (χ3n) is 10.8. The first-order valence-electron chi connectivity index (χ1n) is 18.8. The maximum atomic E-state index is 14.7. The highest BCUT2D eigenvalue weighted by atomic mass is 32.2. The highest BCUT2D eigenvalue weighted by Gasteiger charge is 2.56. The molecule has 6 rings (SSSR count). The molecular weight excluding hydrogens is 846 g/mol. The number of anilines is 2. The first-order chi connectivity index (χ1) is 28.0. The van der Waals surface area contributed by atoms with Gasteiger partial charge in [-0.15, -0.1) is 0 Å². The van der Waals surface area contributed by atoms with Crippen LogP contribution in [0.3, 0.4) is 0 Å². The predicted molar refractivity (Wildman–Crippen MR) is 210 cm³/mol. The molecule has 0 aromatic heterocycles. The zero-order chi connectivity index (χ0) is 44.5. The third kappa shape index (κ3) is 10.1. The smallest absolute Gasteiger partial charge is 0.238 e. The lowest BCUT2D eigenvalue weighted by Crippen LogP contribution is -2.35. The fraction of sp³-hybridized carbons (Fsp3) is 0.415. The van der Waals surface area contributed by atoms with Crippen LogP contribution in [0.2, 0.25) is 0 Å². The van der Waals surface area contributed by atoms with Crippen molar-refractivity contribution in [2.75, 3.05) is 22.7 Å². The van der Waals surface area contributed by atoms with E-state index in [0.717, 1.165) is 6.07 Å². The molecule has 2 fully saturated rings. The Balaban J connectivity index is 0.000000228. The second-order valence-electron chi connectivity index (χ2n) is 15.6. The van der Waals surface area contributed by atoms with Crippen LogP contribution in [0.1, 0.15) is 77.5 Å². The fourth-order valence-corrected chi connectivity index (χ4v) is 10.5. The summed E-state index contributed by atoms with van der Waals surface area (Å²) in [5.41, 5.74) is -0.485. The van der Waals surface area contributed by atoms with Gasteiger partial charge in [0.25, 0.3) is 0 Å². The first-order valence-corrected chi connectivity index (χ1v) is 21.7. The summed E-state index contributed by atoms with van der Waals surface area (Å²) < 4.78 is 153. The van der Waals surface area contributed by atoms with Crippen molar-refractivity contribution in [2.24, 2.45) is 0 Å². The molecule has 0 saturated heterocycles. The molecule has 4 aromatic rings. The van der Waals surface area contributed by atoms with Gasteiger partial charge in [0, 0.05) is 30.0 Å². The van der Waals surface area contributed by atoms with E-state index >= 15 is 0 Å². The van der Waals surface area contributed by atoms with Crippen molar-refractivity contribution in [1.82, 2.24) is 0 Å². The topological polar surface area (TPSA) is 173 Å². The minimum absolute atomic E-state index is 0.0678. The van der Waals surface area contributed by atoms with E-state index in [4.69, 9.17) is 10.2 Å². The summed E-state index contributed by atoms with van der Waals surface area (Å²) in [7, 11) is -8.43. The first kappa shape index (κ1) is 46.8. The number of aliphatic hydroxyl groups excluding tert-OH is 4. The molecule has 4 aromatic carbocycles. The molecule has 328 valence electrons. The molecule has 0 spiro atoms. The lowest BCUT2D eigenvalue weighted by Gasteiger charge is -2.23. The molecule has 10 nitrogen and oxygen atoms in total. The van der Waals surface area contributed by atoms with E-state index in [1.807, 2.05) is 4.72 Å². The zero-order valence-electron chi connectivity index (χ0n) is 32.7. The van der Waals surface area contributed by atoms with Crippen LogP contribution in [0, 0.1) is 61.5 Å². The van der Waals surface area contributed by atoms with Gasteiger partial charge in [-0.3, -0.25) is 9.44 Å². The van der Waals surface area contributed by atoms with Gasteiger partial charge in [0.05, 0.1) is 46.3 Å². The van der Waals surface area contributed by atoms with Gasteiger partial charge < -0.3 is 20.4 Å². The maximum Gasteiger partial charge on any atom is 0.238 e. The van der Waals surface area contributed by atoms with E-state index in [0.29, 0.717) is 11.1 Å². The van der Waals surface area contributed by atoms with E-state index in [9.17, 15) is 57.8 Å². The molecule has 0 amide bonds. The van der Waals surface area contributed by atoms with Gasteiger partial charge in [-0.1, -0.05) is 24.3 Å². The molecule has 60 heavy (non-hydrogen) atoms. The average Bonchev–Trinajstić information content (AvgIpc) is 4.12. The van der Waals surface area contributed by atoms with Crippen molar-refractivity contribution in [1.29, 1.82) is 0 Å². The molecule has 2 aliphatic rings. The number of aliphatic hydroxyl groups is 4. The van der Waals surface area contributed by atoms with Crippen molar-refractivity contribution in [3.05, 3.63) is 128 Å². The Bertz CT molecular complexity index is 2310. The van der Waals surface area contributed by atoms with Gasteiger partial charge in [-0.2, -0.15) is 0 Å². The van der Waals surface area contributed by atoms with E-state index < -0.39 is 113 Å². The van der Waals surface area contributed by atoms with Crippen molar-refractivity contribution in [3.63, 3.8) is 0 Å². The summed E-state index contributed by atoms with van der Waals surface area (Å²) in [6.45, 7) is 3.51. The van der Waals surface area contributed by atoms with Crippen LogP contribution in [0.25, 0.3) is 0 Å². The Labute approximate surface area is 343 Å². The summed E-state index contributed by atoms with van der Waals surface area (Å²) in [6, 6.07) is 9.45. The highest BCUT2D eigenvalue weighted by Crippen LogP contribution is 2.49. The average molecular weight is 891 g/mol. The maximum absolute atomic E-state index is 14.7. The molecule has 0 heterocycles. The van der Waals surface area contributed by atoms with Crippen LogP contribution in [0.5, 0.6) is 0 Å². The molecule has 0 bridgehead atoms. The lowest BCUT2D eigenvalue weighted by molar-refractivity contribution is 0.0858. The second kappa shape index (κ2) is 18.0. The van der Waals surface area contributed by atoms with Crippen molar-refractivity contribution < 1.29 is 68.0 Å². The molecular formula is C41H45F7N2O8S2. The van der Waals surface area contributed by atoms with Crippen LogP contribution < -0.4 is 9.44 Å². The Kier molecular flexibility index (Phi) is 14.0. The Morgan fingerprint density at radius 2 is 0.950 bits per heavy atom. The number of hydrogen-bond donors (Lipinski definition) is 6. The summed E-state index contributed by atoms with van der Waals surface area (Å²) in [6.07, 6.45) is -3.10. The summed E-state index contributed by atoms with van der Waals surface area (Å²) in [4.78, 5) is 0. The van der Waals surface area contributed by atoms with Gasteiger partial charge in [-0.25, -0.2) is 47.6 Å². The minimum Gasteiger partial charge on any atom is -0.394 e. The number of hydrogen-bond acceptors (Lipinski definition) is 8. The number of benzene rings is 4. The lowest BCUT2D eigenvalue weighted by atomic mass is 9.98. The summed E-state index contributed by atoms with van der Waals surface area (Å²) in [5.74, 6) is -8.11. The standard InChI is InChI=1S/C21H24F3NO4S.C20H21F4NO4S/c1-12-3-4-14(17(22)7-12)9-16-19(24)18(23)8-13(2)20(16)25-30(28,29)21(5-6-21)10-15(27)11-26;1-11-2-3-12(15(21)6-11)7-14-18(24)16(22)8-17(23)19(14)25-30(28,29)20(4-5-20)9-13(27)10-26/h3-4,7-8,15,25-27H,5-6,9-11H2,1-2H3;2-3,6,8,13,25-27H,4-5,7,9-10H2,1H3. The number of nitrogens with one attached hydrogen (secondary N) is 2. The van der Waals surface area contributed by atoms with E-state index in [-0.39, 0.29) is 79.0 Å². The number of halogens is 7. The van der Waals surface area contributed by atoms with Gasteiger partial charge in [0.1, 0.15) is 11.6 Å². The van der Waals surface area contributed by atoms with Crippen molar-refractivity contribution in [2.45, 2.75) is 93.8 Å². The Morgan fingerprint density at radius 1 is 0.567 bits per heavy atom. The number of aryl methyl sites for hydroxylation is 3. The van der Waals surface area contributed by atoms with Crippen LogP contribution >= 0.6 is 0 Å². The van der Waals surface area contributed by atoms with E-state index in [2.05, 4.69) is 4.72 Å². The van der Waals surface area contributed by atoms with Gasteiger partial charge in [0.15, 0.2) is 29.1 Å².